The van der Waals surface area contributed by atoms with Crippen LogP contribution in [-0.2, 0) is 0 Å². The Morgan fingerprint density at radius 2 is 1.84 bits per heavy atom. The molecule has 0 aliphatic rings. The number of aryl methyl sites for hydroxylation is 2. The Balaban J connectivity index is 1.78. The minimum atomic E-state index is -0.221. The Morgan fingerprint density at radius 1 is 1.08 bits per heavy atom. The third kappa shape index (κ3) is 3.85. The fourth-order valence-electron chi connectivity index (χ4n) is 2.56. The van der Waals surface area contributed by atoms with E-state index in [0.29, 0.717) is 11.5 Å². The van der Waals surface area contributed by atoms with Crippen LogP contribution in [0, 0.1) is 13.8 Å². The van der Waals surface area contributed by atoms with Crippen LogP contribution in [0.25, 0.3) is 11.4 Å². The first-order valence-electron chi connectivity index (χ1n) is 8.03. The van der Waals surface area contributed by atoms with Gasteiger partial charge in [-0.05, 0) is 45.0 Å². The fraction of sp³-hybridized carbons (Fsp3) is 0.211. The molecule has 0 spiro atoms. The number of hydrogen-bond donors (Lipinski definition) is 1. The predicted molar refractivity (Wildman–Crippen MR) is 94.9 cm³/mol. The maximum Gasteiger partial charge on any atom is 0.270 e. The summed E-state index contributed by atoms with van der Waals surface area (Å²) >= 11 is 0. The molecule has 0 fully saturated rings. The molecule has 3 heterocycles. The van der Waals surface area contributed by atoms with Gasteiger partial charge in [-0.2, -0.15) is 0 Å². The van der Waals surface area contributed by atoms with Crippen LogP contribution in [0.5, 0.6) is 0 Å². The summed E-state index contributed by atoms with van der Waals surface area (Å²) in [6, 6.07) is 8.88. The molecule has 3 rings (SSSR count). The Hall–Kier alpha value is -3.15. The molecule has 0 unspecified atom stereocenters. The lowest BCUT2D eigenvalue weighted by Crippen LogP contribution is -2.28. The SMILES string of the molecule is Cc1cccc(C(=O)N[C@@H](C)c2cnc(-c3ccncc3)nc2C)n1. The molecule has 1 atom stereocenters. The zero-order valence-electron chi connectivity index (χ0n) is 14.4. The van der Waals surface area contributed by atoms with Crippen LogP contribution in [0.1, 0.15) is 40.4 Å². The first-order valence-corrected chi connectivity index (χ1v) is 8.03. The van der Waals surface area contributed by atoms with Gasteiger partial charge >= 0.3 is 0 Å². The maximum absolute atomic E-state index is 12.4. The second-order valence-corrected chi connectivity index (χ2v) is 5.83. The molecule has 0 saturated heterocycles. The van der Waals surface area contributed by atoms with Crippen LogP contribution >= 0.6 is 0 Å². The third-order valence-corrected chi connectivity index (χ3v) is 3.89. The molecule has 25 heavy (non-hydrogen) atoms. The molecule has 0 bridgehead atoms. The molecular formula is C19H19N5O. The number of rotatable bonds is 4. The molecule has 1 amide bonds. The van der Waals surface area contributed by atoms with Gasteiger partial charge in [-0.15, -0.1) is 0 Å². The average molecular weight is 333 g/mol. The van der Waals surface area contributed by atoms with Gasteiger partial charge in [-0.25, -0.2) is 15.0 Å². The van der Waals surface area contributed by atoms with Crippen molar-refractivity contribution in [2.75, 3.05) is 0 Å². The number of carbonyl (C=O) groups excluding carboxylic acids is 1. The molecule has 126 valence electrons. The highest BCUT2D eigenvalue weighted by atomic mass is 16.1. The van der Waals surface area contributed by atoms with Crippen LogP contribution in [-0.4, -0.2) is 25.8 Å². The zero-order valence-corrected chi connectivity index (χ0v) is 14.4. The van der Waals surface area contributed by atoms with Gasteiger partial charge in [0.2, 0.25) is 0 Å². The highest BCUT2D eigenvalue weighted by molar-refractivity contribution is 5.92. The van der Waals surface area contributed by atoms with E-state index in [2.05, 4.69) is 25.3 Å². The molecule has 0 aliphatic heterocycles. The summed E-state index contributed by atoms with van der Waals surface area (Å²) in [5, 5.41) is 2.95. The average Bonchev–Trinajstić information content (AvgIpc) is 2.62. The molecule has 0 aromatic carbocycles. The lowest BCUT2D eigenvalue weighted by atomic mass is 10.1. The number of nitrogens with one attached hydrogen (secondary N) is 1. The van der Waals surface area contributed by atoms with E-state index in [1.54, 1.807) is 24.7 Å². The van der Waals surface area contributed by atoms with Crippen molar-refractivity contribution in [3.8, 4) is 11.4 Å². The summed E-state index contributed by atoms with van der Waals surface area (Å²) in [5.74, 6) is 0.427. The first kappa shape index (κ1) is 16.7. The minimum absolute atomic E-state index is 0.214. The number of amides is 1. The number of aromatic nitrogens is 4. The number of hydrogen-bond acceptors (Lipinski definition) is 5. The van der Waals surface area contributed by atoms with Crippen molar-refractivity contribution >= 4 is 5.91 Å². The highest BCUT2D eigenvalue weighted by Crippen LogP contribution is 2.19. The quantitative estimate of drug-likeness (QED) is 0.794. The summed E-state index contributed by atoms with van der Waals surface area (Å²) in [7, 11) is 0. The number of carbonyl (C=O) groups is 1. The lowest BCUT2D eigenvalue weighted by Gasteiger charge is -2.16. The summed E-state index contributed by atoms with van der Waals surface area (Å²) in [5.41, 5.74) is 3.82. The Bertz CT molecular complexity index is 895. The third-order valence-electron chi connectivity index (χ3n) is 3.89. The van der Waals surface area contributed by atoms with E-state index in [9.17, 15) is 4.79 Å². The number of pyridine rings is 2. The van der Waals surface area contributed by atoms with Gasteiger partial charge in [-0.3, -0.25) is 9.78 Å². The molecule has 6 nitrogen and oxygen atoms in total. The van der Waals surface area contributed by atoms with Gasteiger partial charge in [0.05, 0.1) is 6.04 Å². The molecule has 3 aromatic rings. The monoisotopic (exact) mass is 333 g/mol. The largest absolute Gasteiger partial charge is 0.344 e. The van der Waals surface area contributed by atoms with E-state index in [4.69, 9.17) is 0 Å². The summed E-state index contributed by atoms with van der Waals surface area (Å²) in [6.45, 7) is 5.68. The van der Waals surface area contributed by atoms with Crippen LogP contribution in [0.4, 0.5) is 0 Å². The minimum Gasteiger partial charge on any atom is -0.344 e. The Kier molecular flexibility index (Phi) is 4.79. The van der Waals surface area contributed by atoms with Crippen molar-refractivity contribution in [1.82, 2.24) is 25.3 Å². The van der Waals surface area contributed by atoms with Crippen molar-refractivity contribution in [3.63, 3.8) is 0 Å². The van der Waals surface area contributed by atoms with E-state index >= 15 is 0 Å². The maximum atomic E-state index is 12.4. The standard InChI is InChI=1S/C19H19N5O/c1-12-5-4-6-17(22-12)19(25)24-14(3)16-11-21-18(23-13(16)2)15-7-9-20-10-8-15/h4-11,14H,1-3H3,(H,24,25)/t14-/m0/s1. The summed E-state index contributed by atoms with van der Waals surface area (Å²) in [4.78, 5) is 29.6. The van der Waals surface area contributed by atoms with Crippen LogP contribution < -0.4 is 5.32 Å². The van der Waals surface area contributed by atoms with Crippen molar-refractivity contribution < 1.29 is 4.79 Å². The predicted octanol–water partition coefficient (Wildman–Crippen LogP) is 3.04. The van der Waals surface area contributed by atoms with Crippen molar-refractivity contribution in [2.24, 2.45) is 0 Å². The Morgan fingerprint density at radius 3 is 2.52 bits per heavy atom. The van der Waals surface area contributed by atoms with E-state index in [0.717, 1.165) is 22.5 Å². The van der Waals surface area contributed by atoms with Crippen molar-refractivity contribution in [1.29, 1.82) is 0 Å². The second kappa shape index (κ2) is 7.17. The Labute approximate surface area is 146 Å². The van der Waals surface area contributed by atoms with Crippen molar-refractivity contribution in [2.45, 2.75) is 26.8 Å². The molecule has 6 heteroatoms. The topological polar surface area (TPSA) is 80.7 Å². The van der Waals surface area contributed by atoms with Gasteiger partial charge in [0.25, 0.3) is 5.91 Å². The molecule has 0 radical (unpaired) electrons. The molecule has 3 aromatic heterocycles. The van der Waals surface area contributed by atoms with Crippen LogP contribution in [0.15, 0.2) is 48.9 Å². The number of nitrogens with zero attached hydrogens (tertiary/aromatic N) is 4. The van der Waals surface area contributed by atoms with Gasteiger partial charge in [0.15, 0.2) is 5.82 Å². The zero-order chi connectivity index (χ0) is 17.8. The highest BCUT2D eigenvalue weighted by Gasteiger charge is 2.16. The van der Waals surface area contributed by atoms with Gasteiger partial charge < -0.3 is 5.32 Å². The molecule has 1 N–H and O–H groups in total. The van der Waals surface area contributed by atoms with E-state index in [1.807, 2.05) is 45.0 Å². The van der Waals surface area contributed by atoms with Crippen LogP contribution in [0.3, 0.4) is 0 Å². The van der Waals surface area contributed by atoms with E-state index < -0.39 is 0 Å². The normalized spacial score (nSPS) is 11.8. The fourth-order valence-corrected chi connectivity index (χ4v) is 2.56. The molecule has 0 saturated carbocycles. The van der Waals surface area contributed by atoms with Gasteiger partial charge in [-0.1, -0.05) is 6.07 Å². The van der Waals surface area contributed by atoms with Crippen LogP contribution in [0.2, 0.25) is 0 Å². The summed E-state index contributed by atoms with van der Waals surface area (Å²) in [6.07, 6.45) is 5.17. The smallest absolute Gasteiger partial charge is 0.270 e. The van der Waals surface area contributed by atoms with Gasteiger partial charge in [0.1, 0.15) is 5.69 Å². The van der Waals surface area contributed by atoms with Gasteiger partial charge in [0, 0.05) is 41.1 Å². The molecule has 0 aliphatic carbocycles. The first-order chi connectivity index (χ1) is 12.0. The van der Waals surface area contributed by atoms with E-state index in [1.165, 1.54) is 0 Å². The van der Waals surface area contributed by atoms with Crippen molar-refractivity contribution in [3.05, 3.63) is 71.6 Å². The molecular weight excluding hydrogens is 314 g/mol. The second-order valence-electron chi connectivity index (χ2n) is 5.83. The lowest BCUT2D eigenvalue weighted by molar-refractivity contribution is 0.0934. The van der Waals surface area contributed by atoms with E-state index in [-0.39, 0.29) is 11.9 Å². The summed E-state index contributed by atoms with van der Waals surface area (Å²) < 4.78 is 0.